The lowest BCUT2D eigenvalue weighted by atomic mass is 10.0. The van der Waals surface area contributed by atoms with Gasteiger partial charge in [0.25, 0.3) is 0 Å². The first-order valence-electron chi connectivity index (χ1n) is 4.89. The lowest BCUT2D eigenvalue weighted by Gasteiger charge is -2.15. The van der Waals surface area contributed by atoms with Crippen molar-refractivity contribution in [2.45, 2.75) is 24.8 Å². The highest BCUT2D eigenvalue weighted by Gasteiger charge is 2.41. The molecule has 1 aromatic carbocycles. The lowest BCUT2D eigenvalue weighted by molar-refractivity contribution is 0.500. The molecule has 0 bridgehead atoms. The Balaban J connectivity index is 2.25. The molecule has 1 saturated carbocycles. The van der Waals surface area contributed by atoms with Crippen molar-refractivity contribution in [3.63, 3.8) is 0 Å². The molecule has 4 heteroatoms. The Morgan fingerprint density at radius 1 is 1.33 bits per heavy atom. The lowest BCUT2D eigenvalue weighted by Crippen LogP contribution is -2.29. The van der Waals surface area contributed by atoms with Gasteiger partial charge in [0.15, 0.2) is 11.6 Å². The highest BCUT2D eigenvalue weighted by Crippen LogP contribution is 2.39. The van der Waals surface area contributed by atoms with Gasteiger partial charge >= 0.3 is 0 Å². The third-order valence-corrected chi connectivity index (χ3v) is 3.74. The minimum atomic E-state index is -0.806. The van der Waals surface area contributed by atoms with Gasteiger partial charge in [0.2, 0.25) is 0 Å². The predicted octanol–water partition coefficient (Wildman–Crippen LogP) is 3.02. The fourth-order valence-corrected chi connectivity index (χ4v) is 2.19. The minimum absolute atomic E-state index is 0.104. The first-order chi connectivity index (χ1) is 7.06. The van der Waals surface area contributed by atoms with Crippen LogP contribution in [-0.2, 0) is 6.42 Å². The molecule has 0 atom stereocenters. The summed E-state index contributed by atoms with van der Waals surface area (Å²) >= 11 is 3.26. The normalized spacial score (nSPS) is 17.9. The van der Waals surface area contributed by atoms with Gasteiger partial charge in [-0.15, -0.1) is 0 Å². The molecule has 0 aromatic heterocycles. The molecule has 0 heterocycles. The second-order valence-electron chi connectivity index (χ2n) is 4.06. The molecule has 15 heavy (non-hydrogen) atoms. The average molecular weight is 276 g/mol. The number of hydrogen-bond acceptors (Lipinski definition) is 1. The quantitative estimate of drug-likeness (QED) is 0.837. The predicted molar refractivity (Wildman–Crippen MR) is 58.8 cm³/mol. The Morgan fingerprint density at radius 2 is 1.93 bits per heavy atom. The number of nitrogens with one attached hydrogen (secondary N) is 1. The van der Waals surface area contributed by atoms with Crippen LogP contribution < -0.4 is 5.32 Å². The van der Waals surface area contributed by atoms with Crippen LogP contribution in [0.2, 0.25) is 0 Å². The van der Waals surface area contributed by atoms with Gasteiger partial charge in [-0.05, 0) is 44.0 Å². The van der Waals surface area contributed by atoms with Crippen LogP contribution in [0.15, 0.2) is 16.6 Å². The second kappa shape index (κ2) is 3.83. The van der Waals surface area contributed by atoms with Crippen LogP contribution in [0.5, 0.6) is 0 Å². The van der Waals surface area contributed by atoms with Crippen molar-refractivity contribution in [3.05, 3.63) is 33.8 Å². The van der Waals surface area contributed by atoms with Gasteiger partial charge in [-0.25, -0.2) is 8.78 Å². The van der Waals surface area contributed by atoms with Gasteiger partial charge in [-0.2, -0.15) is 0 Å². The van der Waals surface area contributed by atoms with Gasteiger partial charge in [-0.3, -0.25) is 0 Å². The number of likely N-dealkylation sites (N-methyl/N-ethyl adjacent to an activating group) is 1. The molecule has 0 saturated heterocycles. The van der Waals surface area contributed by atoms with Crippen LogP contribution in [0.25, 0.3) is 0 Å². The van der Waals surface area contributed by atoms with E-state index in [2.05, 4.69) is 21.2 Å². The Hall–Kier alpha value is -0.480. The van der Waals surface area contributed by atoms with Crippen LogP contribution in [0.1, 0.15) is 18.4 Å². The van der Waals surface area contributed by atoms with E-state index in [0.29, 0.717) is 4.47 Å². The summed E-state index contributed by atoms with van der Waals surface area (Å²) < 4.78 is 26.6. The van der Waals surface area contributed by atoms with Crippen molar-refractivity contribution in [1.29, 1.82) is 0 Å². The maximum Gasteiger partial charge on any atom is 0.159 e. The van der Waals surface area contributed by atoms with Crippen molar-refractivity contribution in [3.8, 4) is 0 Å². The molecule has 1 nitrogen and oxygen atoms in total. The topological polar surface area (TPSA) is 12.0 Å². The number of benzene rings is 1. The summed E-state index contributed by atoms with van der Waals surface area (Å²) in [6.45, 7) is 0. The number of rotatable bonds is 3. The molecule has 0 radical (unpaired) electrons. The fourth-order valence-electron chi connectivity index (χ4n) is 1.73. The average Bonchev–Trinajstić information content (AvgIpc) is 2.95. The van der Waals surface area contributed by atoms with E-state index in [1.54, 1.807) is 0 Å². The molecule has 1 aromatic rings. The van der Waals surface area contributed by atoms with Crippen LogP contribution >= 0.6 is 15.9 Å². The molecular weight excluding hydrogens is 264 g/mol. The van der Waals surface area contributed by atoms with Crippen LogP contribution in [0, 0.1) is 11.6 Å². The third-order valence-electron chi connectivity index (χ3n) is 3.00. The summed E-state index contributed by atoms with van der Waals surface area (Å²) in [6, 6.07) is 2.47. The smallest absolute Gasteiger partial charge is 0.159 e. The monoisotopic (exact) mass is 275 g/mol. The van der Waals surface area contributed by atoms with Crippen molar-refractivity contribution in [1.82, 2.24) is 5.32 Å². The van der Waals surface area contributed by atoms with E-state index in [4.69, 9.17) is 0 Å². The Bertz CT molecular complexity index is 388. The van der Waals surface area contributed by atoms with Gasteiger partial charge in [-0.1, -0.05) is 15.9 Å². The summed E-state index contributed by atoms with van der Waals surface area (Å²) in [5, 5.41) is 3.23. The molecule has 0 spiro atoms. The number of halogens is 3. The minimum Gasteiger partial charge on any atom is -0.314 e. The van der Waals surface area contributed by atoms with E-state index in [-0.39, 0.29) is 5.54 Å². The molecule has 2 rings (SSSR count). The largest absolute Gasteiger partial charge is 0.314 e. The molecule has 1 N–H and O–H groups in total. The van der Waals surface area contributed by atoms with Gasteiger partial charge in [0.05, 0.1) is 0 Å². The van der Waals surface area contributed by atoms with E-state index >= 15 is 0 Å². The van der Waals surface area contributed by atoms with Gasteiger partial charge in [0.1, 0.15) is 0 Å². The van der Waals surface area contributed by atoms with E-state index in [1.165, 1.54) is 12.1 Å². The van der Waals surface area contributed by atoms with Crippen molar-refractivity contribution in [2.24, 2.45) is 0 Å². The molecule has 0 amide bonds. The summed E-state index contributed by atoms with van der Waals surface area (Å²) in [5.74, 6) is -1.58. The second-order valence-corrected chi connectivity index (χ2v) is 4.92. The van der Waals surface area contributed by atoms with E-state index in [9.17, 15) is 8.78 Å². The van der Waals surface area contributed by atoms with E-state index in [0.717, 1.165) is 24.8 Å². The van der Waals surface area contributed by atoms with E-state index in [1.807, 2.05) is 7.05 Å². The van der Waals surface area contributed by atoms with E-state index < -0.39 is 11.6 Å². The first-order valence-corrected chi connectivity index (χ1v) is 5.68. The SMILES string of the molecule is CNC1(Cc2cc(F)c(F)cc2Br)CC1. The Kier molecular flexibility index (Phi) is 2.81. The highest BCUT2D eigenvalue weighted by molar-refractivity contribution is 9.10. The highest BCUT2D eigenvalue weighted by atomic mass is 79.9. The molecular formula is C11H12BrF2N. The molecule has 0 aliphatic heterocycles. The molecule has 0 unspecified atom stereocenters. The standard InChI is InChI=1S/C11H12BrF2N/c1-15-11(2-3-11)6-7-4-9(13)10(14)5-8(7)12/h4-5,15H,2-3,6H2,1H3. The van der Waals surface area contributed by atoms with Crippen molar-refractivity contribution < 1.29 is 8.78 Å². The molecule has 82 valence electrons. The van der Waals surface area contributed by atoms with Crippen molar-refractivity contribution >= 4 is 15.9 Å². The summed E-state index contributed by atoms with van der Waals surface area (Å²) in [7, 11) is 1.90. The molecule has 1 fully saturated rings. The van der Waals surface area contributed by atoms with Gasteiger partial charge in [0, 0.05) is 10.0 Å². The summed E-state index contributed by atoms with van der Waals surface area (Å²) in [6.07, 6.45) is 2.92. The maximum atomic E-state index is 13.0. The number of hydrogen-bond donors (Lipinski definition) is 1. The fraction of sp³-hybridized carbons (Fsp3) is 0.455. The third kappa shape index (κ3) is 2.21. The van der Waals surface area contributed by atoms with Crippen LogP contribution in [0.3, 0.4) is 0 Å². The molecule has 1 aliphatic carbocycles. The van der Waals surface area contributed by atoms with Gasteiger partial charge < -0.3 is 5.32 Å². The zero-order valence-electron chi connectivity index (χ0n) is 8.41. The maximum absolute atomic E-state index is 13.0. The summed E-state index contributed by atoms with van der Waals surface area (Å²) in [5.41, 5.74) is 0.924. The zero-order valence-corrected chi connectivity index (χ0v) is 10.00. The zero-order chi connectivity index (χ0) is 11.1. The summed E-state index contributed by atoms with van der Waals surface area (Å²) in [4.78, 5) is 0. The Labute approximate surface area is 96.0 Å². The molecule has 1 aliphatic rings. The first kappa shape index (κ1) is 11.0. The van der Waals surface area contributed by atoms with Crippen molar-refractivity contribution in [2.75, 3.05) is 7.05 Å². The Morgan fingerprint density at radius 3 is 2.47 bits per heavy atom. The van der Waals surface area contributed by atoms with Crippen LogP contribution in [-0.4, -0.2) is 12.6 Å². The van der Waals surface area contributed by atoms with Crippen LogP contribution in [0.4, 0.5) is 8.78 Å².